The van der Waals surface area contributed by atoms with Crippen molar-refractivity contribution in [3.63, 3.8) is 0 Å². The first-order valence-corrected chi connectivity index (χ1v) is 9.12. The van der Waals surface area contributed by atoms with Crippen molar-refractivity contribution in [2.75, 3.05) is 5.32 Å². The second kappa shape index (κ2) is 9.48. The number of anilines is 1. The van der Waals surface area contributed by atoms with Crippen LogP contribution in [0.4, 0.5) is 5.69 Å². The van der Waals surface area contributed by atoms with Gasteiger partial charge in [0.15, 0.2) is 0 Å². The van der Waals surface area contributed by atoms with Crippen LogP contribution in [0.3, 0.4) is 0 Å². The molecule has 6 nitrogen and oxygen atoms in total. The van der Waals surface area contributed by atoms with Gasteiger partial charge >= 0.3 is 11.8 Å². The predicted octanol–water partition coefficient (Wildman–Crippen LogP) is 4.33. The molecule has 0 saturated carbocycles. The van der Waals surface area contributed by atoms with E-state index in [1.165, 1.54) is 6.21 Å². The van der Waals surface area contributed by atoms with Gasteiger partial charge in [0.2, 0.25) is 0 Å². The van der Waals surface area contributed by atoms with Crippen LogP contribution in [0, 0.1) is 0 Å². The Hall–Kier alpha value is -3.45. The second-order valence-corrected chi connectivity index (χ2v) is 6.57. The number of amides is 2. The number of nitrogens with zero attached hydrogens (tertiary/aromatic N) is 1. The Kier molecular flexibility index (Phi) is 6.54. The highest BCUT2D eigenvalue weighted by Gasteiger charge is 2.12. The smallest absolute Gasteiger partial charge is 0.329 e. The standard InChI is InChI=1S/C21H16BrN3O3/c22-16-7-5-8-17(13-16)24-20(26)21(27)25-23-14-15-6-4-11-19(12-15)28-18-9-2-1-3-10-18/h1-14H,(H,24,26)(H,25,27). The van der Waals surface area contributed by atoms with Gasteiger partial charge in [-0.3, -0.25) is 9.59 Å². The molecule has 0 saturated heterocycles. The lowest BCUT2D eigenvalue weighted by atomic mass is 10.2. The number of nitrogens with one attached hydrogen (secondary N) is 2. The number of carbonyl (C=O) groups excluding carboxylic acids is 2. The monoisotopic (exact) mass is 437 g/mol. The SMILES string of the molecule is O=C(NN=Cc1cccc(Oc2ccccc2)c1)C(=O)Nc1cccc(Br)c1. The molecule has 0 radical (unpaired) electrons. The van der Waals surface area contributed by atoms with Gasteiger partial charge in [0.1, 0.15) is 11.5 Å². The van der Waals surface area contributed by atoms with E-state index in [9.17, 15) is 9.59 Å². The number of para-hydroxylation sites is 1. The van der Waals surface area contributed by atoms with E-state index in [4.69, 9.17) is 4.74 Å². The molecule has 2 amide bonds. The summed E-state index contributed by atoms with van der Waals surface area (Å²) in [7, 11) is 0. The summed E-state index contributed by atoms with van der Waals surface area (Å²) in [6, 6.07) is 23.5. The van der Waals surface area contributed by atoms with Gasteiger partial charge < -0.3 is 10.1 Å². The summed E-state index contributed by atoms with van der Waals surface area (Å²) in [5, 5.41) is 6.31. The lowest BCUT2D eigenvalue weighted by Crippen LogP contribution is -2.32. The summed E-state index contributed by atoms with van der Waals surface area (Å²) in [5.41, 5.74) is 3.41. The third-order valence-corrected chi connectivity index (χ3v) is 4.00. The van der Waals surface area contributed by atoms with Crippen LogP contribution in [0.25, 0.3) is 0 Å². The fraction of sp³-hybridized carbons (Fsp3) is 0. The van der Waals surface area contributed by atoms with Crippen molar-refractivity contribution in [2.24, 2.45) is 5.10 Å². The molecule has 3 aromatic carbocycles. The summed E-state index contributed by atoms with van der Waals surface area (Å²) < 4.78 is 6.54. The molecule has 0 heterocycles. The van der Waals surface area contributed by atoms with Crippen LogP contribution in [0.5, 0.6) is 11.5 Å². The van der Waals surface area contributed by atoms with Gasteiger partial charge in [-0.25, -0.2) is 5.43 Å². The third kappa shape index (κ3) is 5.78. The summed E-state index contributed by atoms with van der Waals surface area (Å²) in [5.74, 6) is -0.327. The van der Waals surface area contributed by atoms with E-state index >= 15 is 0 Å². The zero-order valence-corrected chi connectivity index (χ0v) is 16.2. The molecule has 28 heavy (non-hydrogen) atoms. The van der Waals surface area contributed by atoms with E-state index in [-0.39, 0.29) is 0 Å². The first kappa shape index (κ1) is 19.3. The largest absolute Gasteiger partial charge is 0.457 e. The molecule has 0 unspecified atom stereocenters. The molecule has 3 rings (SSSR count). The Morgan fingerprint density at radius 2 is 1.61 bits per heavy atom. The second-order valence-electron chi connectivity index (χ2n) is 5.65. The number of benzene rings is 3. The van der Waals surface area contributed by atoms with Gasteiger partial charge in [-0.15, -0.1) is 0 Å². The molecule has 2 N–H and O–H groups in total. The highest BCUT2D eigenvalue weighted by Crippen LogP contribution is 2.21. The fourth-order valence-electron chi connectivity index (χ4n) is 2.25. The van der Waals surface area contributed by atoms with Crippen LogP contribution < -0.4 is 15.5 Å². The van der Waals surface area contributed by atoms with Gasteiger partial charge in [-0.05, 0) is 48.0 Å². The Balaban J connectivity index is 1.55. The van der Waals surface area contributed by atoms with Crippen molar-refractivity contribution < 1.29 is 14.3 Å². The van der Waals surface area contributed by atoms with Crippen LogP contribution in [-0.2, 0) is 9.59 Å². The lowest BCUT2D eigenvalue weighted by molar-refractivity contribution is -0.136. The predicted molar refractivity (Wildman–Crippen MR) is 111 cm³/mol. The Morgan fingerprint density at radius 1 is 0.857 bits per heavy atom. The first-order valence-electron chi connectivity index (χ1n) is 8.33. The zero-order chi connectivity index (χ0) is 19.8. The van der Waals surface area contributed by atoms with Crippen LogP contribution in [0.15, 0.2) is 88.4 Å². The van der Waals surface area contributed by atoms with Crippen LogP contribution in [0.1, 0.15) is 5.56 Å². The van der Waals surface area contributed by atoms with E-state index in [0.29, 0.717) is 22.7 Å². The minimum Gasteiger partial charge on any atom is -0.457 e. The highest BCUT2D eigenvalue weighted by molar-refractivity contribution is 9.10. The molecular formula is C21H16BrN3O3. The Morgan fingerprint density at radius 3 is 2.39 bits per heavy atom. The maximum Gasteiger partial charge on any atom is 0.329 e. The number of rotatable bonds is 5. The van der Waals surface area contributed by atoms with Gasteiger partial charge in [0.25, 0.3) is 0 Å². The molecule has 0 fully saturated rings. The third-order valence-electron chi connectivity index (χ3n) is 3.51. The normalized spacial score (nSPS) is 10.5. The minimum atomic E-state index is -0.868. The molecule has 7 heteroatoms. The summed E-state index contributed by atoms with van der Waals surface area (Å²) in [6.45, 7) is 0. The van der Waals surface area contributed by atoms with E-state index < -0.39 is 11.8 Å². The number of halogens is 1. The molecule has 0 aliphatic carbocycles. The maximum atomic E-state index is 11.9. The van der Waals surface area contributed by atoms with E-state index in [1.54, 1.807) is 36.4 Å². The average Bonchev–Trinajstić information content (AvgIpc) is 2.69. The Labute approximate surface area is 170 Å². The number of ether oxygens (including phenoxy) is 1. The average molecular weight is 438 g/mol. The minimum absolute atomic E-state index is 0.504. The van der Waals surface area contributed by atoms with Gasteiger partial charge in [0.05, 0.1) is 6.21 Å². The van der Waals surface area contributed by atoms with Gasteiger partial charge in [-0.2, -0.15) is 5.10 Å². The molecule has 0 atom stereocenters. The number of hydrogen-bond donors (Lipinski definition) is 2. The van der Waals surface area contributed by atoms with Crippen molar-refractivity contribution in [3.8, 4) is 11.5 Å². The maximum absolute atomic E-state index is 11.9. The molecule has 0 bridgehead atoms. The van der Waals surface area contributed by atoms with Crippen LogP contribution in [-0.4, -0.2) is 18.0 Å². The van der Waals surface area contributed by atoms with E-state index in [0.717, 1.165) is 4.47 Å². The fourth-order valence-corrected chi connectivity index (χ4v) is 2.65. The van der Waals surface area contributed by atoms with Gasteiger partial charge in [-0.1, -0.05) is 52.3 Å². The van der Waals surface area contributed by atoms with Crippen molar-refractivity contribution in [2.45, 2.75) is 0 Å². The van der Waals surface area contributed by atoms with Crippen molar-refractivity contribution >= 4 is 39.6 Å². The summed E-state index contributed by atoms with van der Waals surface area (Å²) in [4.78, 5) is 23.7. The number of carbonyl (C=O) groups is 2. The summed E-state index contributed by atoms with van der Waals surface area (Å²) in [6.07, 6.45) is 1.43. The number of hydrogen-bond acceptors (Lipinski definition) is 4. The van der Waals surface area contributed by atoms with Crippen molar-refractivity contribution in [1.82, 2.24) is 5.43 Å². The molecule has 0 aromatic heterocycles. The molecule has 0 spiro atoms. The van der Waals surface area contributed by atoms with Crippen molar-refractivity contribution in [3.05, 3.63) is 88.9 Å². The van der Waals surface area contributed by atoms with E-state index in [2.05, 4.69) is 31.8 Å². The zero-order valence-electron chi connectivity index (χ0n) is 14.6. The number of hydrazone groups is 1. The lowest BCUT2D eigenvalue weighted by Gasteiger charge is -2.06. The topological polar surface area (TPSA) is 79.8 Å². The molecule has 0 aliphatic heterocycles. The first-order chi connectivity index (χ1) is 13.6. The van der Waals surface area contributed by atoms with Crippen molar-refractivity contribution in [1.29, 1.82) is 0 Å². The highest BCUT2D eigenvalue weighted by atomic mass is 79.9. The quantitative estimate of drug-likeness (QED) is 0.354. The molecule has 140 valence electrons. The molecule has 3 aromatic rings. The van der Waals surface area contributed by atoms with E-state index in [1.807, 2.05) is 42.5 Å². The summed E-state index contributed by atoms with van der Waals surface area (Å²) >= 11 is 3.30. The van der Waals surface area contributed by atoms with Crippen LogP contribution in [0.2, 0.25) is 0 Å². The van der Waals surface area contributed by atoms with Gasteiger partial charge in [0, 0.05) is 10.2 Å². The Bertz CT molecular complexity index is 1010. The molecule has 0 aliphatic rings. The molecular weight excluding hydrogens is 422 g/mol. The van der Waals surface area contributed by atoms with Crippen LogP contribution >= 0.6 is 15.9 Å².